The van der Waals surface area contributed by atoms with E-state index in [2.05, 4.69) is 20.6 Å². The Hall–Kier alpha value is -1.74. The number of anilines is 1. The van der Waals surface area contributed by atoms with Gasteiger partial charge in [0.2, 0.25) is 5.95 Å². The number of carbonyl (C=O) groups excluding carboxylic acids is 1. The molecule has 0 aromatic carbocycles. The number of methoxy groups -OCH3 is 1. The standard InChI is InChI=1S/C13H20N4O4S/c1-9-7-11(12(18)14-4-5-21-2)17-13(15-9)16-10-3-6-22(19,20)8-10/h7,10H,3-6,8H2,1-2H3,(H,14,18)(H,15,16,17). The van der Waals surface area contributed by atoms with Crippen LogP contribution >= 0.6 is 0 Å². The van der Waals surface area contributed by atoms with Crippen LogP contribution in [-0.2, 0) is 14.6 Å². The molecule has 2 heterocycles. The van der Waals surface area contributed by atoms with Gasteiger partial charge in [0.25, 0.3) is 5.91 Å². The highest BCUT2D eigenvalue weighted by Crippen LogP contribution is 2.15. The minimum Gasteiger partial charge on any atom is -0.383 e. The first kappa shape index (κ1) is 16.6. The van der Waals surface area contributed by atoms with Crippen LogP contribution in [0.1, 0.15) is 22.6 Å². The number of aryl methyl sites for hydroxylation is 1. The topological polar surface area (TPSA) is 110 Å². The number of ether oxygens (including phenoxy) is 1. The summed E-state index contributed by atoms with van der Waals surface area (Å²) in [6.07, 6.45) is 0.523. The molecule has 2 rings (SSSR count). The van der Waals surface area contributed by atoms with E-state index in [1.807, 2.05) is 0 Å². The Morgan fingerprint density at radius 3 is 2.86 bits per heavy atom. The molecule has 1 aliphatic rings. The lowest BCUT2D eigenvalue weighted by Gasteiger charge is -2.12. The predicted molar refractivity (Wildman–Crippen MR) is 81.7 cm³/mol. The number of aromatic nitrogens is 2. The second kappa shape index (κ2) is 7.01. The van der Waals surface area contributed by atoms with Crippen molar-refractivity contribution in [3.8, 4) is 0 Å². The zero-order chi connectivity index (χ0) is 16.2. The van der Waals surface area contributed by atoms with Gasteiger partial charge in [0.1, 0.15) is 5.69 Å². The molecule has 1 aromatic rings. The summed E-state index contributed by atoms with van der Waals surface area (Å²) in [5, 5.41) is 5.68. The Kier molecular flexibility index (Phi) is 5.30. The van der Waals surface area contributed by atoms with Crippen LogP contribution in [0.5, 0.6) is 0 Å². The summed E-state index contributed by atoms with van der Waals surface area (Å²) in [5.41, 5.74) is 0.877. The predicted octanol–water partition coefficient (Wildman–Crippen LogP) is -0.240. The molecule has 0 aliphatic carbocycles. The molecule has 0 bridgehead atoms. The van der Waals surface area contributed by atoms with E-state index in [9.17, 15) is 13.2 Å². The largest absolute Gasteiger partial charge is 0.383 e. The maximum absolute atomic E-state index is 12.0. The van der Waals surface area contributed by atoms with E-state index in [4.69, 9.17) is 4.74 Å². The molecule has 0 radical (unpaired) electrons. The van der Waals surface area contributed by atoms with Crippen molar-refractivity contribution in [2.45, 2.75) is 19.4 Å². The molecule has 8 nitrogen and oxygen atoms in total. The molecule has 122 valence electrons. The summed E-state index contributed by atoms with van der Waals surface area (Å²) in [6, 6.07) is 1.37. The summed E-state index contributed by atoms with van der Waals surface area (Å²) >= 11 is 0. The van der Waals surface area contributed by atoms with Crippen molar-refractivity contribution in [2.24, 2.45) is 0 Å². The smallest absolute Gasteiger partial charge is 0.270 e. The summed E-state index contributed by atoms with van der Waals surface area (Å²) in [5.74, 6) is 0.198. The molecule has 0 spiro atoms. The molecule has 1 atom stereocenters. The van der Waals surface area contributed by atoms with Crippen LogP contribution in [0, 0.1) is 6.92 Å². The van der Waals surface area contributed by atoms with E-state index >= 15 is 0 Å². The van der Waals surface area contributed by atoms with Crippen LogP contribution in [0.25, 0.3) is 0 Å². The van der Waals surface area contributed by atoms with Gasteiger partial charge in [0, 0.05) is 25.4 Å². The Morgan fingerprint density at radius 1 is 1.45 bits per heavy atom. The van der Waals surface area contributed by atoms with Crippen molar-refractivity contribution in [3.05, 3.63) is 17.5 Å². The molecule has 9 heteroatoms. The van der Waals surface area contributed by atoms with Crippen molar-refractivity contribution in [1.82, 2.24) is 15.3 Å². The van der Waals surface area contributed by atoms with E-state index in [-0.39, 0.29) is 35.1 Å². The minimum absolute atomic E-state index is 0.0691. The van der Waals surface area contributed by atoms with Crippen LogP contribution in [0.15, 0.2) is 6.07 Å². The number of nitrogens with one attached hydrogen (secondary N) is 2. The van der Waals surface area contributed by atoms with Gasteiger partial charge in [-0.05, 0) is 19.4 Å². The highest BCUT2D eigenvalue weighted by molar-refractivity contribution is 7.91. The summed E-state index contributed by atoms with van der Waals surface area (Å²) in [6.45, 7) is 2.56. The molecule has 1 aromatic heterocycles. The van der Waals surface area contributed by atoms with Crippen molar-refractivity contribution in [3.63, 3.8) is 0 Å². The quantitative estimate of drug-likeness (QED) is 0.693. The molecule has 1 aliphatic heterocycles. The van der Waals surface area contributed by atoms with E-state index in [0.29, 0.717) is 25.3 Å². The molecular formula is C13H20N4O4S. The number of rotatable bonds is 6. The van der Waals surface area contributed by atoms with Crippen molar-refractivity contribution in [1.29, 1.82) is 0 Å². The fourth-order valence-electron chi connectivity index (χ4n) is 2.20. The number of hydrogen-bond donors (Lipinski definition) is 2. The second-order valence-electron chi connectivity index (χ2n) is 5.21. The zero-order valence-corrected chi connectivity index (χ0v) is 13.4. The molecule has 22 heavy (non-hydrogen) atoms. The second-order valence-corrected chi connectivity index (χ2v) is 7.44. The van der Waals surface area contributed by atoms with E-state index in [1.54, 1.807) is 20.1 Å². The van der Waals surface area contributed by atoms with E-state index in [1.165, 1.54) is 0 Å². The SMILES string of the molecule is COCCNC(=O)c1cc(C)nc(NC2CCS(=O)(=O)C2)n1. The van der Waals surface area contributed by atoms with Gasteiger partial charge in [-0.25, -0.2) is 18.4 Å². The third-order valence-corrected chi connectivity index (χ3v) is 5.01. The zero-order valence-electron chi connectivity index (χ0n) is 12.6. The molecule has 1 saturated heterocycles. The Balaban J connectivity index is 2.05. The normalized spacial score (nSPS) is 19.8. The number of sulfone groups is 1. The van der Waals surface area contributed by atoms with Crippen LogP contribution in [0.3, 0.4) is 0 Å². The first-order valence-corrected chi connectivity index (χ1v) is 8.81. The lowest BCUT2D eigenvalue weighted by molar-refractivity contribution is 0.0932. The van der Waals surface area contributed by atoms with Gasteiger partial charge in [0.15, 0.2) is 9.84 Å². The van der Waals surface area contributed by atoms with Crippen LogP contribution < -0.4 is 10.6 Å². The van der Waals surface area contributed by atoms with Crippen molar-refractivity contribution >= 4 is 21.7 Å². The first-order chi connectivity index (χ1) is 10.4. The van der Waals surface area contributed by atoms with Gasteiger partial charge in [0.05, 0.1) is 18.1 Å². The maximum Gasteiger partial charge on any atom is 0.270 e. The Bertz CT molecular complexity index is 647. The van der Waals surface area contributed by atoms with E-state index < -0.39 is 9.84 Å². The van der Waals surface area contributed by atoms with Gasteiger partial charge in [-0.15, -0.1) is 0 Å². The molecular weight excluding hydrogens is 308 g/mol. The molecule has 1 amide bonds. The Morgan fingerprint density at radius 2 is 2.23 bits per heavy atom. The van der Waals surface area contributed by atoms with Crippen molar-refractivity contribution < 1.29 is 17.9 Å². The van der Waals surface area contributed by atoms with Crippen LogP contribution in [0.2, 0.25) is 0 Å². The van der Waals surface area contributed by atoms with Gasteiger partial charge >= 0.3 is 0 Å². The molecule has 0 saturated carbocycles. The van der Waals surface area contributed by atoms with E-state index in [0.717, 1.165) is 0 Å². The lowest BCUT2D eigenvalue weighted by atomic mass is 10.2. The maximum atomic E-state index is 12.0. The monoisotopic (exact) mass is 328 g/mol. The summed E-state index contributed by atoms with van der Waals surface area (Å²) in [7, 11) is -1.42. The minimum atomic E-state index is -2.98. The number of nitrogens with zero attached hydrogens (tertiary/aromatic N) is 2. The van der Waals surface area contributed by atoms with Crippen molar-refractivity contribution in [2.75, 3.05) is 37.1 Å². The van der Waals surface area contributed by atoms with Crippen LogP contribution in [0.4, 0.5) is 5.95 Å². The average molecular weight is 328 g/mol. The fraction of sp³-hybridized carbons (Fsp3) is 0.615. The third-order valence-electron chi connectivity index (χ3n) is 3.24. The van der Waals surface area contributed by atoms with Gasteiger partial charge in [-0.1, -0.05) is 0 Å². The average Bonchev–Trinajstić information content (AvgIpc) is 2.77. The lowest BCUT2D eigenvalue weighted by Crippen LogP contribution is -2.29. The third kappa shape index (κ3) is 4.63. The highest BCUT2D eigenvalue weighted by atomic mass is 32.2. The fourth-order valence-corrected chi connectivity index (χ4v) is 3.87. The Labute approximate surface area is 129 Å². The summed E-state index contributed by atoms with van der Waals surface area (Å²) in [4.78, 5) is 20.3. The van der Waals surface area contributed by atoms with Gasteiger partial charge in [-0.3, -0.25) is 4.79 Å². The molecule has 1 unspecified atom stereocenters. The van der Waals surface area contributed by atoms with Crippen LogP contribution in [-0.4, -0.2) is 62.1 Å². The van der Waals surface area contributed by atoms with Gasteiger partial charge < -0.3 is 15.4 Å². The molecule has 2 N–H and O–H groups in total. The molecule has 1 fully saturated rings. The number of hydrogen-bond acceptors (Lipinski definition) is 7. The van der Waals surface area contributed by atoms with Gasteiger partial charge in [-0.2, -0.15) is 0 Å². The first-order valence-electron chi connectivity index (χ1n) is 6.99. The highest BCUT2D eigenvalue weighted by Gasteiger charge is 2.28. The number of amides is 1. The number of carbonyl (C=O) groups is 1. The summed E-state index contributed by atoms with van der Waals surface area (Å²) < 4.78 is 27.8.